The minimum Gasteiger partial charge on any atom is -0.492 e. The molecule has 2 fully saturated rings. The highest BCUT2D eigenvalue weighted by atomic mass is 16.5. The third kappa shape index (κ3) is 8.98. The van der Waals surface area contributed by atoms with E-state index in [1.807, 2.05) is 23.1 Å². The van der Waals surface area contributed by atoms with E-state index < -0.39 is 0 Å². The minimum absolute atomic E-state index is 0.0303. The molecule has 34 heavy (non-hydrogen) atoms. The van der Waals surface area contributed by atoms with Gasteiger partial charge in [-0.2, -0.15) is 5.26 Å². The number of nitrogens with zero attached hydrogens (tertiary/aromatic N) is 3. The maximum absolute atomic E-state index is 12.8. The summed E-state index contributed by atoms with van der Waals surface area (Å²) in [6.07, 6.45) is 2.53. The number of benzene rings is 1. The SMILES string of the molecule is CC(C)C.CC(C)CC1NCCN(CC(=O)N2CCC(COc3ccccc3C#N)CC2)C1=O. The molecule has 0 spiro atoms. The Hall–Kier alpha value is -2.59. The highest BCUT2D eigenvalue weighted by Crippen LogP contribution is 2.22. The smallest absolute Gasteiger partial charge is 0.242 e. The van der Waals surface area contributed by atoms with E-state index in [4.69, 9.17) is 10.00 Å². The highest BCUT2D eigenvalue weighted by molar-refractivity contribution is 5.88. The normalized spacial score (nSPS) is 19.0. The number of piperidine rings is 1. The van der Waals surface area contributed by atoms with Crippen LogP contribution in [0.2, 0.25) is 0 Å². The molecule has 0 bridgehead atoms. The number of piperazine rings is 1. The first-order chi connectivity index (χ1) is 16.2. The Kier molecular flexibility index (Phi) is 11.4. The van der Waals surface area contributed by atoms with Gasteiger partial charge < -0.3 is 19.9 Å². The van der Waals surface area contributed by atoms with E-state index >= 15 is 0 Å². The van der Waals surface area contributed by atoms with Crippen LogP contribution in [0.3, 0.4) is 0 Å². The molecular formula is C27H42N4O3. The van der Waals surface area contributed by atoms with E-state index in [9.17, 15) is 9.59 Å². The summed E-state index contributed by atoms with van der Waals surface area (Å²) in [4.78, 5) is 29.0. The minimum atomic E-state index is -0.175. The molecule has 7 nitrogen and oxygen atoms in total. The fraction of sp³-hybridized carbons (Fsp3) is 0.667. The lowest BCUT2D eigenvalue weighted by Crippen LogP contribution is -2.57. The second-order valence-corrected chi connectivity index (χ2v) is 10.4. The van der Waals surface area contributed by atoms with Gasteiger partial charge >= 0.3 is 0 Å². The van der Waals surface area contributed by atoms with E-state index in [1.165, 1.54) is 0 Å². The Morgan fingerprint density at radius 3 is 2.41 bits per heavy atom. The molecule has 1 aromatic carbocycles. The Morgan fingerprint density at radius 1 is 1.15 bits per heavy atom. The number of hydrogen-bond acceptors (Lipinski definition) is 5. The van der Waals surface area contributed by atoms with Crippen molar-refractivity contribution in [3.05, 3.63) is 29.8 Å². The molecule has 188 valence electrons. The molecule has 0 saturated carbocycles. The fourth-order valence-corrected chi connectivity index (χ4v) is 4.11. The zero-order chi connectivity index (χ0) is 25.1. The summed E-state index contributed by atoms with van der Waals surface area (Å²) in [6, 6.07) is 9.22. The van der Waals surface area contributed by atoms with Crippen LogP contribution in [0.4, 0.5) is 0 Å². The average molecular weight is 471 g/mol. The van der Waals surface area contributed by atoms with Crippen LogP contribution in [0.15, 0.2) is 24.3 Å². The molecule has 0 aromatic heterocycles. The molecule has 1 unspecified atom stereocenters. The average Bonchev–Trinajstić information content (AvgIpc) is 2.80. The van der Waals surface area contributed by atoms with Crippen molar-refractivity contribution in [3.8, 4) is 11.8 Å². The summed E-state index contributed by atoms with van der Waals surface area (Å²) >= 11 is 0. The summed E-state index contributed by atoms with van der Waals surface area (Å²) in [5, 5.41) is 12.4. The molecule has 2 saturated heterocycles. The first-order valence-corrected chi connectivity index (χ1v) is 12.6. The van der Waals surface area contributed by atoms with E-state index in [0.29, 0.717) is 49.4 Å². The molecule has 0 radical (unpaired) electrons. The number of ether oxygens (including phenoxy) is 1. The predicted octanol–water partition coefficient (Wildman–Crippen LogP) is 3.68. The third-order valence-electron chi connectivity index (χ3n) is 5.86. The lowest BCUT2D eigenvalue weighted by Gasteiger charge is -2.36. The maximum Gasteiger partial charge on any atom is 0.242 e. The van der Waals surface area contributed by atoms with Crippen molar-refractivity contribution in [2.45, 2.75) is 59.9 Å². The zero-order valence-corrected chi connectivity index (χ0v) is 21.5. The maximum atomic E-state index is 12.8. The van der Waals surface area contributed by atoms with Crippen LogP contribution in [-0.4, -0.2) is 67.0 Å². The predicted molar refractivity (Wildman–Crippen MR) is 134 cm³/mol. The highest BCUT2D eigenvalue weighted by Gasteiger charge is 2.32. The van der Waals surface area contributed by atoms with Crippen molar-refractivity contribution in [1.29, 1.82) is 5.26 Å². The van der Waals surface area contributed by atoms with Gasteiger partial charge in [0.1, 0.15) is 11.8 Å². The van der Waals surface area contributed by atoms with Crippen LogP contribution in [0, 0.1) is 29.1 Å². The molecule has 7 heteroatoms. The second kappa shape index (κ2) is 14.0. The molecule has 2 aliphatic heterocycles. The van der Waals surface area contributed by atoms with Gasteiger partial charge in [-0.15, -0.1) is 0 Å². The Morgan fingerprint density at radius 2 is 1.79 bits per heavy atom. The van der Waals surface area contributed by atoms with Crippen molar-refractivity contribution in [2.24, 2.45) is 17.8 Å². The molecule has 2 amide bonds. The number of carbonyl (C=O) groups excluding carboxylic acids is 2. The standard InChI is InChI=1S/C23H32N4O3.C4H10/c1-17(2)13-20-23(29)27(12-9-25-20)15-22(28)26-10-7-18(8-11-26)16-30-21-6-4-3-5-19(21)14-24;1-4(2)3/h3-6,17-18,20,25H,7-13,15-16H2,1-2H3;4H,1-3H3. The third-order valence-corrected chi connectivity index (χ3v) is 5.86. The molecule has 2 heterocycles. The number of carbonyl (C=O) groups is 2. The fourth-order valence-electron chi connectivity index (χ4n) is 4.11. The number of likely N-dealkylation sites (tertiary alicyclic amines) is 1. The van der Waals surface area contributed by atoms with E-state index in [1.54, 1.807) is 11.0 Å². The van der Waals surface area contributed by atoms with Crippen LogP contribution in [0.25, 0.3) is 0 Å². The Bertz CT molecular complexity index is 823. The molecule has 2 aliphatic rings. The van der Waals surface area contributed by atoms with E-state index in [-0.39, 0.29) is 24.4 Å². The molecule has 3 rings (SSSR count). The number of rotatable bonds is 7. The first kappa shape index (κ1) is 27.7. The van der Waals surface area contributed by atoms with Gasteiger partial charge in [-0.25, -0.2) is 0 Å². The van der Waals surface area contributed by atoms with Crippen LogP contribution in [-0.2, 0) is 9.59 Å². The topological polar surface area (TPSA) is 85.7 Å². The molecule has 1 aromatic rings. The van der Waals surface area contributed by atoms with Crippen molar-refractivity contribution < 1.29 is 14.3 Å². The Balaban J connectivity index is 0.000000945. The van der Waals surface area contributed by atoms with Gasteiger partial charge in [-0.1, -0.05) is 46.8 Å². The van der Waals surface area contributed by atoms with Crippen LogP contribution in [0.1, 0.15) is 59.4 Å². The van der Waals surface area contributed by atoms with Gasteiger partial charge in [0.05, 0.1) is 24.8 Å². The van der Waals surface area contributed by atoms with Crippen molar-refractivity contribution >= 4 is 11.8 Å². The van der Waals surface area contributed by atoms with Crippen LogP contribution >= 0.6 is 0 Å². The van der Waals surface area contributed by atoms with Gasteiger partial charge in [-0.3, -0.25) is 9.59 Å². The quantitative estimate of drug-likeness (QED) is 0.657. The second-order valence-electron chi connectivity index (χ2n) is 10.4. The summed E-state index contributed by atoms with van der Waals surface area (Å²) in [5.74, 6) is 2.32. The van der Waals surface area contributed by atoms with Crippen molar-refractivity contribution in [1.82, 2.24) is 15.1 Å². The van der Waals surface area contributed by atoms with Crippen molar-refractivity contribution in [2.75, 3.05) is 39.3 Å². The van der Waals surface area contributed by atoms with E-state index in [0.717, 1.165) is 31.7 Å². The zero-order valence-electron chi connectivity index (χ0n) is 21.5. The lowest BCUT2D eigenvalue weighted by atomic mass is 9.97. The van der Waals surface area contributed by atoms with E-state index in [2.05, 4.69) is 46.0 Å². The number of para-hydroxylation sites is 1. The summed E-state index contributed by atoms with van der Waals surface area (Å²) in [7, 11) is 0. The lowest BCUT2D eigenvalue weighted by molar-refractivity contribution is -0.144. The van der Waals surface area contributed by atoms with Crippen LogP contribution in [0.5, 0.6) is 5.75 Å². The van der Waals surface area contributed by atoms with Gasteiger partial charge in [0.15, 0.2) is 0 Å². The molecular weight excluding hydrogens is 428 g/mol. The molecule has 1 atom stereocenters. The summed E-state index contributed by atoms with van der Waals surface area (Å²) < 4.78 is 5.86. The monoisotopic (exact) mass is 470 g/mol. The van der Waals surface area contributed by atoms with Gasteiger partial charge in [0.2, 0.25) is 11.8 Å². The number of nitrogens with one attached hydrogen (secondary N) is 1. The first-order valence-electron chi connectivity index (χ1n) is 12.6. The van der Waals surface area contributed by atoms with Gasteiger partial charge in [0, 0.05) is 26.2 Å². The van der Waals surface area contributed by atoms with Crippen molar-refractivity contribution in [3.63, 3.8) is 0 Å². The summed E-state index contributed by atoms with van der Waals surface area (Å²) in [5.41, 5.74) is 0.543. The Labute approximate surface area is 205 Å². The molecule has 1 N–H and O–H groups in total. The van der Waals surface area contributed by atoms with Gasteiger partial charge in [0.25, 0.3) is 0 Å². The number of hydrogen-bond donors (Lipinski definition) is 1. The number of amides is 2. The largest absolute Gasteiger partial charge is 0.492 e. The summed E-state index contributed by atoms with van der Waals surface area (Å²) in [6.45, 7) is 14.1. The number of nitriles is 1. The van der Waals surface area contributed by atoms with Gasteiger partial charge in [-0.05, 0) is 49.1 Å². The van der Waals surface area contributed by atoms with Crippen LogP contribution < -0.4 is 10.1 Å². The molecule has 0 aliphatic carbocycles.